The van der Waals surface area contributed by atoms with Crippen molar-refractivity contribution < 1.29 is 13.9 Å². The second-order valence-electron chi connectivity index (χ2n) is 3.95. The fraction of sp³-hybridized carbons (Fsp3) is 0.231. The standard InChI is InChI=1S/C13H14N2O4S.BrH/c1-17-10-4-8-7(6-20-13(14)15)3-12(16)19-9(8)5-11(10)18-2;/h3-5H,6H2,1-2H3,(H3,14,15);1H. The van der Waals surface area contributed by atoms with Crippen LogP contribution in [-0.2, 0) is 5.75 Å². The van der Waals surface area contributed by atoms with Crippen LogP contribution < -0.4 is 20.8 Å². The maximum atomic E-state index is 11.6. The number of methoxy groups -OCH3 is 2. The van der Waals surface area contributed by atoms with Gasteiger partial charge < -0.3 is 19.6 Å². The zero-order chi connectivity index (χ0) is 14.7. The van der Waals surface area contributed by atoms with Crippen molar-refractivity contribution in [1.82, 2.24) is 0 Å². The molecule has 0 atom stereocenters. The third-order valence-corrected chi connectivity index (χ3v) is 3.48. The minimum atomic E-state index is -0.455. The topological polar surface area (TPSA) is 98.5 Å². The van der Waals surface area contributed by atoms with Gasteiger partial charge in [0.25, 0.3) is 0 Å². The van der Waals surface area contributed by atoms with Crippen LogP contribution in [0.4, 0.5) is 0 Å². The van der Waals surface area contributed by atoms with Gasteiger partial charge in [0.1, 0.15) is 5.58 Å². The van der Waals surface area contributed by atoms with E-state index in [4.69, 9.17) is 25.0 Å². The zero-order valence-corrected chi connectivity index (χ0v) is 14.0. The smallest absolute Gasteiger partial charge is 0.336 e. The molecule has 6 nitrogen and oxygen atoms in total. The Labute approximate surface area is 135 Å². The lowest BCUT2D eigenvalue weighted by Crippen LogP contribution is -2.06. The second kappa shape index (κ2) is 7.37. The monoisotopic (exact) mass is 374 g/mol. The molecule has 0 aliphatic heterocycles. The van der Waals surface area contributed by atoms with Crippen LogP contribution in [0.15, 0.2) is 27.4 Å². The summed E-state index contributed by atoms with van der Waals surface area (Å²) in [4.78, 5) is 11.6. The van der Waals surface area contributed by atoms with Gasteiger partial charge in [-0.25, -0.2) is 4.79 Å². The highest BCUT2D eigenvalue weighted by atomic mass is 79.9. The average Bonchev–Trinajstić information content (AvgIpc) is 2.42. The molecule has 1 heterocycles. The van der Waals surface area contributed by atoms with Crippen LogP contribution in [0.1, 0.15) is 5.56 Å². The molecule has 0 bridgehead atoms. The van der Waals surface area contributed by atoms with Crippen LogP contribution in [-0.4, -0.2) is 19.4 Å². The number of halogens is 1. The minimum Gasteiger partial charge on any atom is -0.493 e. The van der Waals surface area contributed by atoms with Crippen molar-refractivity contribution in [3.8, 4) is 11.5 Å². The Kier molecular flexibility index (Phi) is 6.10. The summed E-state index contributed by atoms with van der Waals surface area (Å²) in [5.41, 5.74) is 6.01. The molecule has 0 radical (unpaired) electrons. The van der Waals surface area contributed by atoms with Crippen LogP contribution in [0, 0.1) is 5.41 Å². The van der Waals surface area contributed by atoms with Gasteiger partial charge in [-0.15, -0.1) is 17.0 Å². The van der Waals surface area contributed by atoms with E-state index >= 15 is 0 Å². The summed E-state index contributed by atoms with van der Waals surface area (Å²) >= 11 is 1.14. The Morgan fingerprint density at radius 2 is 1.90 bits per heavy atom. The summed E-state index contributed by atoms with van der Waals surface area (Å²) in [5, 5.41) is 7.97. The SMILES string of the molecule is Br.COc1cc2oc(=O)cc(CSC(=N)N)c2cc1OC. The molecule has 114 valence electrons. The van der Waals surface area contributed by atoms with E-state index in [2.05, 4.69) is 0 Å². The molecule has 21 heavy (non-hydrogen) atoms. The molecule has 8 heteroatoms. The molecule has 0 amide bonds. The predicted molar refractivity (Wildman–Crippen MR) is 89.1 cm³/mol. The third kappa shape index (κ3) is 3.92. The fourth-order valence-electron chi connectivity index (χ4n) is 1.83. The number of thioether (sulfide) groups is 1. The summed E-state index contributed by atoms with van der Waals surface area (Å²) in [6.07, 6.45) is 0. The number of nitrogens with two attached hydrogens (primary N) is 1. The van der Waals surface area contributed by atoms with Crippen molar-refractivity contribution >= 4 is 44.9 Å². The van der Waals surface area contributed by atoms with Gasteiger partial charge in [-0.1, -0.05) is 11.8 Å². The molecule has 3 N–H and O–H groups in total. The third-order valence-electron chi connectivity index (χ3n) is 2.72. The number of amidine groups is 1. The maximum Gasteiger partial charge on any atom is 0.336 e. The van der Waals surface area contributed by atoms with Gasteiger partial charge in [-0.3, -0.25) is 5.41 Å². The summed E-state index contributed by atoms with van der Waals surface area (Å²) in [7, 11) is 3.05. The van der Waals surface area contributed by atoms with E-state index in [9.17, 15) is 4.79 Å². The van der Waals surface area contributed by atoms with Gasteiger partial charge in [0, 0.05) is 23.3 Å². The molecule has 0 unspecified atom stereocenters. The first-order valence-corrected chi connectivity index (χ1v) is 6.69. The van der Waals surface area contributed by atoms with E-state index in [-0.39, 0.29) is 22.1 Å². The molecule has 0 aliphatic carbocycles. The Balaban J connectivity index is 0.00000220. The molecule has 2 aromatic rings. The van der Waals surface area contributed by atoms with Gasteiger partial charge in [0.15, 0.2) is 16.7 Å². The fourth-order valence-corrected chi connectivity index (χ4v) is 2.38. The molecule has 1 aromatic carbocycles. The summed E-state index contributed by atoms with van der Waals surface area (Å²) in [5.74, 6) is 1.44. The number of rotatable bonds is 4. The quantitative estimate of drug-likeness (QED) is 0.484. The molecule has 0 fully saturated rings. The molecule has 0 saturated carbocycles. The van der Waals surface area contributed by atoms with Crippen molar-refractivity contribution in [3.05, 3.63) is 34.2 Å². The van der Waals surface area contributed by atoms with Gasteiger partial charge in [-0.05, 0) is 11.6 Å². The highest BCUT2D eigenvalue weighted by Gasteiger charge is 2.12. The summed E-state index contributed by atoms with van der Waals surface area (Å²) < 4.78 is 15.6. The van der Waals surface area contributed by atoms with E-state index < -0.39 is 5.63 Å². The maximum absolute atomic E-state index is 11.6. The van der Waals surface area contributed by atoms with Crippen LogP contribution >= 0.6 is 28.7 Å². The number of hydrogen-bond donors (Lipinski definition) is 2. The van der Waals surface area contributed by atoms with E-state index in [1.54, 1.807) is 12.1 Å². The molecule has 1 aromatic heterocycles. The molecule has 0 saturated heterocycles. The highest BCUT2D eigenvalue weighted by Crippen LogP contribution is 2.33. The van der Waals surface area contributed by atoms with Crippen molar-refractivity contribution in [2.45, 2.75) is 5.75 Å². The Morgan fingerprint density at radius 1 is 1.29 bits per heavy atom. The van der Waals surface area contributed by atoms with Crippen LogP contribution in [0.3, 0.4) is 0 Å². The van der Waals surface area contributed by atoms with Gasteiger partial charge in [-0.2, -0.15) is 0 Å². The Bertz CT molecular complexity index is 717. The lowest BCUT2D eigenvalue weighted by molar-refractivity contribution is 0.355. The van der Waals surface area contributed by atoms with E-state index in [0.29, 0.717) is 22.8 Å². The van der Waals surface area contributed by atoms with Crippen molar-refractivity contribution in [2.24, 2.45) is 5.73 Å². The molecular formula is C13H15BrN2O4S. The van der Waals surface area contributed by atoms with Crippen molar-refractivity contribution in [1.29, 1.82) is 5.41 Å². The predicted octanol–water partition coefficient (Wildman–Crippen LogP) is 2.51. The molecule has 0 spiro atoms. The highest BCUT2D eigenvalue weighted by molar-refractivity contribution is 8.93. The van der Waals surface area contributed by atoms with Crippen molar-refractivity contribution in [3.63, 3.8) is 0 Å². The average molecular weight is 375 g/mol. The molecule has 2 rings (SSSR count). The summed E-state index contributed by atoms with van der Waals surface area (Å²) in [6.45, 7) is 0. The minimum absolute atomic E-state index is 0. The van der Waals surface area contributed by atoms with E-state index in [1.807, 2.05) is 0 Å². The van der Waals surface area contributed by atoms with Gasteiger partial charge in [0.05, 0.1) is 14.2 Å². The second-order valence-corrected chi connectivity index (χ2v) is 4.96. The lowest BCUT2D eigenvalue weighted by atomic mass is 10.1. The number of ether oxygens (including phenoxy) is 2. The molecular weight excluding hydrogens is 360 g/mol. The molecule has 0 aliphatic rings. The van der Waals surface area contributed by atoms with Gasteiger partial charge in [0.2, 0.25) is 0 Å². The zero-order valence-electron chi connectivity index (χ0n) is 11.5. The van der Waals surface area contributed by atoms with Crippen LogP contribution in [0.5, 0.6) is 11.5 Å². The normalized spacial score (nSPS) is 10.0. The number of fused-ring (bicyclic) bond motifs is 1. The first-order valence-electron chi connectivity index (χ1n) is 5.70. The first-order chi connectivity index (χ1) is 9.55. The summed E-state index contributed by atoms with van der Waals surface area (Å²) in [6, 6.07) is 4.74. The largest absolute Gasteiger partial charge is 0.493 e. The first kappa shape index (κ1) is 17.4. The number of benzene rings is 1. The van der Waals surface area contributed by atoms with Gasteiger partial charge >= 0.3 is 5.63 Å². The number of hydrogen-bond acceptors (Lipinski definition) is 6. The van der Waals surface area contributed by atoms with Crippen LogP contribution in [0.2, 0.25) is 0 Å². The Morgan fingerprint density at radius 3 is 2.48 bits per heavy atom. The van der Waals surface area contributed by atoms with E-state index in [1.165, 1.54) is 20.3 Å². The number of nitrogens with one attached hydrogen (secondary N) is 1. The Hall–Kier alpha value is -1.67. The van der Waals surface area contributed by atoms with Crippen LogP contribution in [0.25, 0.3) is 11.0 Å². The lowest BCUT2D eigenvalue weighted by Gasteiger charge is -2.10. The van der Waals surface area contributed by atoms with E-state index in [0.717, 1.165) is 22.7 Å². The van der Waals surface area contributed by atoms with Crippen molar-refractivity contribution in [2.75, 3.05) is 14.2 Å².